The molecule has 2 aromatic heterocycles. The number of urea groups is 1. The lowest BCUT2D eigenvalue weighted by atomic mass is 10.1. The molecular formula is C14H21N5OS. The van der Waals surface area contributed by atoms with Crippen LogP contribution in [0.15, 0.2) is 17.8 Å². The maximum atomic E-state index is 12.2. The maximum Gasteiger partial charge on any atom is 0.316 e. The van der Waals surface area contributed by atoms with Crippen molar-refractivity contribution in [3.05, 3.63) is 34.0 Å². The number of nitrogens with zero attached hydrogens (tertiary/aromatic N) is 3. The van der Waals surface area contributed by atoms with Crippen molar-refractivity contribution in [3.8, 4) is 0 Å². The Balaban J connectivity index is 1.98. The third kappa shape index (κ3) is 3.81. The van der Waals surface area contributed by atoms with Gasteiger partial charge in [0.05, 0.1) is 17.8 Å². The second-order valence-corrected chi connectivity index (χ2v) is 6.54. The highest BCUT2D eigenvalue weighted by atomic mass is 32.1. The lowest BCUT2D eigenvalue weighted by Crippen LogP contribution is -2.47. The molecule has 2 rings (SSSR count). The van der Waals surface area contributed by atoms with E-state index >= 15 is 0 Å². The number of aromatic nitrogens is 3. The molecule has 1 atom stereocenters. The quantitative estimate of drug-likeness (QED) is 0.911. The van der Waals surface area contributed by atoms with Gasteiger partial charge in [0.15, 0.2) is 0 Å². The third-order valence-electron chi connectivity index (χ3n) is 3.15. The van der Waals surface area contributed by atoms with Gasteiger partial charge in [-0.25, -0.2) is 9.78 Å². The summed E-state index contributed by atoms with van der Waals surface area (Å²) >= 11 is 1.55. The van der Waals surface area contributed by atoms with Gasteiger partial charge in [-0.2, -0.15) is 5.10 Å². The number of carbonyl (C=O) groups excluding carboxylic acids is 1. The third-order valence-corrected chi connectivity index (χ3v) is 4.44. The Bertz CT molecular complexity index is 631. The van der Waals surface area contributed by atoms with Crippen LogP contribution < -0.4 is 10.6 Å². The first-order valence-electron chi connectivity index (χ1n) is 6.78. The predicted octanol–water partition coefficient (Wildman–Crippen LogP) is 2.48. The van der Waals surface area contributed by atoms with Crippen LogP contribution in [0.4, 0.5) is 4.79 Å². The summed E-state index contributed by atoms with van der Waals surface area (Å²) in [6.07, 6.45) is 3.64. The first kappa shape index (κ1) is 15.5. The summed E-state index contributed by atoms with van der Waals surface area (Å²) in [5.74, 6) is 0. The predicted molar refractivity (Wildman–Crippen MR) is 83.2 cm³/mol. The van der Waals surface area contributed by atoms with Gasteiger partial charge in [-0.15, -0.1) is 11.3 Å². The van der Waals surface area contributed by atoms with E-state index in [0.717, 1.165) is 16.3 Å². The van der Waals surface area contributed by atoms with E-state index in [9.17, 15) is 4.79 Å². The van der Waals surface area contributed by atoms with Gasteiger partial charge in [0, 0.05) is 29.9 Å². The van der Waals surface area contributed by atoms with E-state index < -0.39 is 5.54 Å². The Morgan fingerprint density at radius 1 is 1.48 bits per heavy atom. The zero-order chi connectivity index (χ0) is 15.6. The van der Waals surface area contributed by atoms with Crippen molar-refractivity contribution >= 4 is 17.4 Å². The summed E-state index contributed by atoms with van der Waals surface area (Å²) in [4.78, 5) is 16.6. The van der Waals surface area contributed by atoms with Crippen LogP contribution in [-0.2, 0) is 12.6 Å². The van der Waals surface area contributed by atoms with Gasteiger partial charge in [0.1, 0.15) is 5.01 Å². The largest absolute Gasteiger partial charge is 0.332 e. The van der Waals surface area contributed by atoms with Crippen molar-refractivity contribution in [1.29, 1.82) is 0 Å². The van der Waals surface area contributed by atoms with Crippen LogP contribution in [0.1, 0.15) is 43.1 Å². The fraction of sp³-hybridized carbons (Fsp3) is 0.500. The summed E-state index contributed by atoms with van der Waals surface area (Å²) in [7, 11) is 1.85. The molecule has 0 aliphatic rings. The molecule has 6 nitrogen and oxygen atoms in total. The molecule has 7 heteroatoms. The second kappa shape index (κ2) is 5.85. The van der Waals surface area contributed by atoms with E-state index in [1.165, 1.54) is 0 Å². The monoisotopic (exact) mass is 307 g/mol. The molecule has 0 bridgehead atoms. The Hall–Kier alpha value is -1.89. The van der Waals surface area contributed by atoms with Gasteiger partial charge in [-0.1, -0.05) is 0 Å². The maximum absolute atomic E-state index is 12.2. The molecule has 2 heterocycles. The lowest BCUT2D eigenvalue weighted by Gasteiger charge is -2.25. The molecule has 2 amide bonds. The topological polar surface area (TPSA) is 71.8 Å². The molecule has 0 saturated heterocycles. The number of nitrogens with one attached hydrogen (secondary N) is 2. The fourth-order valence-corrected chi connectivity index (χ4v) is 2.84. The molecule has 0 saturated carbocycles. The smallest absolute Gasteiger partial charge is 0.316 e. The number of rotatable bonds is 4. The molecule has 0 fully saturated rings. The van der Waals surface area contributed by atoms with Crippen LogP contribution in [0.2, 0.25) is 0 Å². The molecule has 21 heavy (non-hydrogen) atoms. The van der Waals surface area contributed by atoms with E-state index in [1.54, 1.807) is 22.2 Å². The lowest BCUT2D eigenvalue weighted by molar-refractivity contribution is 0.227. The van der Waals surface area contributed by atoms with E-state index in [-0.39, 0.29) is 12.1 Å². The van der Waals surface area contributed by atoms with Crippen LogP contribution in [0.3, 0.4) is 0 Å². The van der Waals surface area contributed by atoms with Crippen molar-refractivity contribution in [1.82, 2.24) is 25.4 Å². The molecular weight excluding hydrogens is 286 g/mol. The van der Waals surface area contributed by atoms with Crippen LogP contribution in [-0.4, -0.2) is 20.8 Å². The molecule has 2 aromatic rings. The van der Waals surface area contributed by atoms with Crippen LogP contribution in [0, 0.1) is 6.92 Å². The second-order valence-electron chi connectivity index (χ2n) is 5.69. The van der Waals surface area contributed by atoms with Crippen molar-refractivity contribution in [2.24, 2.45) is 7.05 Å². The summed E-state index contributed by atoms with van der Waals surface area (Å²) in [6, 6.07) is -0.322. The molecule has 0 radical (unpaired) electrons. The summed E-state index contributed by atoms with van der Waals surface area (Å²) in [5.41, 5.74) is 1.43. The Morgan fingerprint density at radius 2 is 2.19 bits per heavy atom. The summed E-state index contributed by atoms with van der Waals surface area (Å²) in [5, 5.41) is 12.9. The first-order chi connectivity index (χ1) is 9.78. The molecule has 0 aliphatic heterocycles. The van der Waals surface area contributed by atoms with Crippen molar-refractivity contribution < 1.29 is 4.79 Å². The van der Waals surface area contributed by atoms with Crippen LogP contribution >= 0.6 is 11.3 Å². The molecule has 0 aromatic carbocycles. The molecule has 114 valence electrons. The molecule has 0 aliphatic carbocycles. The Labute approximate surface area is 128 Å². The summed E-state index contributed by atoms with van der Waals surface area (Å²) < 4.78 is 1.72. The minimum atomic E-state index is -0.502. The van der Waals surface area contributed by atoms with Crippen molar-refractivity contribution in [3.63, 3.8) is 0 Å². The van der Waals surface area contributed by atoms with Gasteiger partial charge >= 0.3 is 6.03 Å². The van der Waals surface area contributed by atoms with Crippen molar-refractivity contribution in [2.75, 3.05) is 0 Å². The average Bonchev–Trinajstić information content (AvgIpc) is 2.97. The number of aryl methyl sites for hydroxylation is 2. The van der Waals surface area contributed by atoms with Crippen LogP contribution in [0.5, 0.6) is 0 Å². The van der Waals surface area contributed by atoms with Gasteiger partial charge in [-0.3, -0.25) is 4.68 Å². The number of hydrogen-bond acceptors (Lipinski definition) is 4. The highest BCUT2D eigenvalue weighted by molar-refractivity contribution is 7.09. The zero-order valence-electron chi connectivity index (χ0n) is 13.0. The van der Waals surface area contributed by atoms with Crippen LogP contribution in [0.25, 0.3) is 0 Å². The summed E-state index contributed by atoms with van der Waals surface area (Å²) in [6.45, 7) is 7.76. The normalized spacial score (nSPS) is 13.0. The molecule has 0 unspecified atom stereocenters. The SMILES string of the molecule is Cc1csc(C(C)(C)NC(=O)N[C@H](C)c2cnn(C)c2)n1. The van der Waals surface area contributed by atoms with E-state index in [1.807, 2.05) is 46.3 Å². The molecule has 0 spiro atoms. The number of amides is 2. The van der Waals surface area contributed by atoms with Gasteiger partial charge in [0.25, 0.3) is 0 Å². The first-order valence-corrected chi connectivity index (χ1v) is 7.66. The number of thiazole rings is 1. The van der Waals surface area contributed by atoms with E-state index in [0.29, 0.717) is 0 Å². The van der Waals surface area contributed by atoms with Gasteiger partial charge < -0.3 is 10.6 Å². The minimum Gasteiger partial charge on any atom is -0.332 e. The van der Waals surface area contributed by atoms with Gasteiger partial charge in [0.2, 0.25) is 0 Å². The number of carbonyl (C=O) groups is 1. The standard InChI is InChI=1S/C14H21N5OS/c1-9-8-21-12(16-9)14(3,4)18-13(20)17-10(2)11-6-15-19(5)7-11/h6-8,10H,1-5H3,(H2,17,18,20)/t10-/m1/s1. The highest BCUT2D eigenvalue weighted by Crippen LogP contribution is 2.23. The number of hydrogen-bond donors (Lipinski definition) is 2. The highest BCUT2D eigenvalue weighted by Gasteiger charge is 2.26. The van der Waals surface area contributed by atoms with Gasteiger partial charge in [-0.05, 0) is 27.7 Å². The zero-order valence-corrected chi connectivity index (χ0v) is 13.8. The van der Waals surface area contributed by atoms with E-state index in [4.69, 9.17) is 0 Å². The average molecular weight is 307 g/mol. The van der Waals surface area contributed by atoms with E-state index in [2.05, 4.69) is 20.7 Å². The minimum absolute atomic E-state index is 0.104. The molecule has 2 N–H and O–H groups in total. The Morgan fingerprint density at radius 3 is 2.71 bits per heavy atom. The Kier molecular flexibility index (Phi) is 4.32. The van der Waals surface area contributed by atoms with Crippen molar-refractivity contribution in [2.45, 2.75) is 39.3 Å². The fourth-order valence-electron chi connectivity index (χ4n) is 1.96.